The van der Waals surface area contributed by atoms with Crippen LogP contribution >= 0.6 is 11.3 Å². The quantitative estimate of drug-likeness (QED) is 0.341. The minimum Gasteiger partial charge on any atom is -0.479 e. The Morgan fingerprint density at radius 2 is 1.95 bits per heavy atom. The lowest BCUT2D eigenvalue weighted by Crippen LogP contribution is -2.48. The number of carboxylic acids is 1. The minimum absolute atomic E-state index is 0.00793. The number of benzene rings is 1. The van der Waals surface area contributed by atoms with Crippen molar-refractivity contribution in [2.75, 3.05) is 13.2 Å². The number of aliphatic hydroxyl groups is 1. The number of likely N-dealkylation sites (tertiary alicyclic amines) is 1. The molecule has 3 N–H and O–H groups in total. The number of β-amino-alcohol motifs (C(OH)–C–C–N with tert-alkyl or cyclic N) is 1. The standard InChI is InChI=1S/C27H32N4O7S/c1-14(2)25(21-10-23(30-38-21)37-13-24(33)34)27(36)31-12-19(32)9-20(31)26(35)29-15(3)17-5-7-18(8-6-17)22-11-28-16(4)39-22/h5-8,10-11,14-15,19-20,25,32H,9,12-13H2,1-4H3,(H,29,35)(H,33,34)/t15-,19+,20-,25+/m0/s1. The van der Waals surface area contributed by atoms with E-state index >= 15 is 0 Å². The monoisotopic (exact) mass is 556 g/mol. The first-order valence-electron chi connectivity index (χ1n) is 12.7. The fourth-order valence-corrected chi connectivity index (χ4v) is 5.45. The summed E-state index contributed by atoms with van der Waals surface area (Å²) >= 11 is 1.61. The lowest BCUT2D eigenvalue weighted by atomic mass is 9.91. The molecule has 0 aliphatic carbocycles. The number of carbonyl (C=O) groups is 3. The van der Waals surface area contributed by atoms with Crippen molar-refractivity contribution < 1.29 is 33.9 Å². The van der Waals surface area contributed by atoms with Crippen molar-refractivity contribution in [3.8, 4) is 16.3 Å². The number of aromatic nitrogens is 2. The Labute approximate surface area is 229 Å². The van der Waals surface area contributed by atoms with Gasteiger partial charge in [-0.05, 0) is 36.0 Å². The molecule has 0 radical (unpaired) electrons. The molecule has 1 saturated heterocycles. The zero-order valence-corrected chi connectivity index (χ0v) is 23.0. The molecule has 12 heteroatoms. The second-order valence-electron chi connectivity index (χ2n) is 9.96. The van der Waals surface area contributed by atoms with E-state index < -0.39 is 30.6 Å². The lowest BCUT2D eigenvalue weighted by molar-refractivity contribution is -0.141. The number of hydrogen-bond donors (Lipinski definition) is 3. The van der Waals surface area contributed by atoms with E-state index in [1.807, 2.05) is 58.2 Å². The summed E-state index contributed by atoms with van der Waals surface area (Å²) in [5, 5.41) is 26.9. The number of carbonyl (C=O) groups excluding carboxylic acids is 2. The van der Waals surface area contributed by atoms with Gasteiger partial charge in [0, 0.05) is 25.2 Å². The Bertz CT molecular complexity index is 1320. The summed E-state index contributed by atoms with van der Waals surface area (Å²) in [4.78, 5) is 44.5. The molecule has 0 spiro atoms. The van der Waals surface area contributed by atoms with Gasteiger partial charge in [-0.1, -0.05) is 38.1 Å². The van der Waals surface area contributed by atoms with Gasteiger partial charge >= 0.3 is 5.97 Å². The first-order valence-corrected chi connectivity index (χ1v) is 13.5. The normalized spacial score (nSPS) is 18.7. The summed E-state index contributed by atoms with van der Waals surface area (Å²) in [6.45, 7) is 6.88. The van der Waals surface area contributed by atoms with Crippen LogP contribution in [0.25, 0.3) is 10.4 Å². The van der Waals surface area contributed by atoms with Gasteiger partial charge in [0.1, 0.15) is 12.0 Å². The van der Waals surface area contributed by atoms with E-state index in [1.165, 1.54) is 11.0 Å². The number of nitrogens with one attached hydrogen (secondary N) is 1. The molecule has 0 unspecified atom stereocenters. The number of aliphatic carboxylic acids is 1. The Hall–Kier alpha value is -3.77. The summed E-state index contributed by atoms with van der Waals surface area (Å²) < 4.78 is 10.4. The molecular formula is C27H32N4O7S. The number of thiazole rings is 1. The smallest absolute Gasteiger partial charge is 0.341 e. The first kappa shape index (κ1) is 28.2. The van der Waals surface area contributed by atoms with Gasteiger partial charge in [0.15, 0.2) is 12.4 Å². The molecular weight excluding hydrogens is 524 g/mol. The van der Waals surface area contributed by atoms with Gasteiger partial charge in [-0.25, -0.2) is 9.78 Å². The fraction of sp³-hybridized carbons (Fsp3) is 0.444. The van der Waals surface area contributed by atoms with Gasteiger partial charge in [-0.15, -0.1) is 11.3 Å². The fourth-order valence-electron chi connectivity index (χ4n) is 4.67. The van der Waals surface area contributed by atoms with Crippen molar-refractivity contribution in [2.24, 2.45) is 5.92 Å². The molecule has 3 aromatic rings. The molecule has 1 fully saturated rings. The number of hydrogen-bond acceptors (Lipinski definition) is 9. The number of aliphatic hydroxyl groups excluding tert-OH is 1. The number of nitrogens with zero attached hydrogens (tertiary/aromatic N) is 3. The molecule has 4 atom stereocenters. The number of aryl methyl sites for hydroxylation is 1. The van der Waals surface area contributed by atoms with E-state index in [4.69, 9.17) is 14.4 Å². The topological polar surface area (TPSA) is 155 Å². The molecule has 3 heterocycles. The van der Waals surface area contributed by atoms with Crippen LogP contribution in [0, 0.1) is 12.8 Å². The summed E-state index contributed by atoms with van der Waals surface area (Å²) in [5.74, 6) is -2.82. The van der Waals surface area contributed by atoms with Crippen molar-refractivity contribution >= 4 is 29.1 Å². The molecule has 4 rings (SSSR count). The van der Waals surface area contributed by atoms with Gasteiger partial charge in [-0.3, -0.25) is 9.59 Å². The minimum atomic E-state index is -1.17. The molecule has 2 aromatic heterocycles. The molecule has 1 aliphatic heterocycles. The average molecular weight is 557 g/mol. The Morgan fingerprint density at radius 3 is 2.56 bits per heavy atom. The van der Waals surface area contributed by atoms with Gasteiger partial charge in [0.2, 0.25) is 11.8 Å². The van der Waals surface area contributed by atoms with E-state index in [2.05, 4.69) is 15.5 Å². The van der Waals surface area contributed by atoms with Crippen LogP contribution in [0.15, 0.2) is 41.1 Å². The molecule has 208 valence electrons. The maximum Gasteiger partial charge on any atom is 0.341 e. The molecule has 0 bridgehead atoms. The molecule has 2 amide bonds. The Morgan fingerprint density at radius 1 is 1.23 bits per heavy atom. The van der Waals surface area contributed by atoms with E-state index in [0.717, 1.165) is 21.0 Å². The molecule has 0 saturated carbocycles. The molecule has 39 heavy (non-hydrogen) atoms. The second kappa shape index (κ2) is 12.0. The van der Waals surface area contributed by atoms with Crippen molar-refractivity contribution in [2.45, 2.75) is 58.2 Å². The first-order chi connectivity index (χ1) is 18.5. The van der Waals surface area contributed by atoms with E-state index in [1.54, 1.807) is 11.3 Å². The van der Waals surface area contributed by atoms with Crippen LogP contribution in [0.4, 0.5) is 0 Å². The van der Waals surface area contributed by atoms with Crippen LogP contribution in [0.1, 0.15) is 55.5 Å². The third-order valence-electron chi connectivity index (χ3n) is 6.63. The van der Waals surface area contributed by atoms with E-state index in [0.29, 0.717) is 0 Å². The van der Waals surface area contributed by atoms with Crippen molar-refractivity contribution in [1.82, 2.24) is 20.4 Å². The van der Waals surface area contributed by atoms with Crippen molar-refractivity contribution in [1.29, 1.82) is 0 Å². The lowest BCUT2D eigenvalue weighted by Gasteiger charge is -2.29. The van der Waals surface area contributed by atoms with Crippen LogP contribution < -0.4 is 10.1 Å². The average Bonchev–Trinajstić information content (AvgIpc) is 3.62. The summed E-state index contributed by atoms with van der Waals surface area (Å²) in [6.07, 6.45) is 1.10. The number of amides is 2. The largest absolute Gasteiger partial charge is 0.479 e. The van der Waals surface area contributed by atoms with Crippen LogP contribution in [0.5, 0.6) is 5.88 Å². The van der Waals surface area contributed by atoms with Gasteiger partial charge in [0.25, 0.3) is 5.88 Å². The third kappa shape index (κ3) is 6.63. The number of ether oxygens (including phenoxy) is 1. The zero-order valence-electron chi connectivity index (χ0n) is 22.2. The summed E-state index contributed by atoms with van der Waals surface area (Å²) in [6, 6.07) is 8.06. The second-order valence-corrected chi connectivity index (χ2v) is 11.2. The van der Waals surface area contributed by atoms with Gasteiger partial charge < -0.3 is 29.7 Å². The predicted molar refractivity (Wildman–Crippen MR) is 142 cm³/mol. The molecule has 1 aliphatic rings. The summed E-state index contributed by atoms with van der Waals surface area (Å²) in [7, 11) is 0. The van der Waals surface area contributed by atoms with E-state index in [9.17, 15) is 19.5 Å². The van der Waals surface area contributed by atoms with Gasteiger partial charge in [0.05, 0.1) is 22.0 Å². The van der Waals surface area contributed by atoms with Crippen LogP contribution in [0.2, 0.25) is 0 Å². The highest BCUT2D eigenvalue weighted by Crippen LogP contribution is 2.33. The maximum absolute atomic E-state index is 13.7. The molecule has 11 nitrogen and oxygen atoms in total. The van der Waals surface area contributed by atoms with Crippen LogP contribution in [-0.2, 0) is 14.4 Å². The number of carboxylic acid groups (broad SMARTS) is 1. The highest BCUT2D eigenvalue weighted by Gasteiger charge is 2.43. The van der Waals surface area contributed by atoms with Crippen LogP contribution in [-0.4, -0.2) is 68.3 Å². The van der Waals surface area contributed by atoms with Crippen molar-refractivity contribution in [3.63, 3.8) is 0 Å². The molecule has 1 aromatic carbocycles. The SMILES string of the molecule is Cc1ncc(-c2ccc([C@H](C)NC(=O)[C@@H]3C[C@@H](O)CN3C(=O)[C@@H](c3cc(OCC(=O)O)no3)C(C)C)cc2)s1. The summed E-state index contributed by atoms with van der Waals surface area (Å²) in [5.41, 5.74) is 1.95. The number of rotatable bonds is 10. The Kier molecular flexibility index (Phi) is 8.66. The highest BCUT2D eigenvalue weighted by atomic mass is 32.1. The Balaban J connectivity index is 1.45. The van der Waals surface area contributed by atoms with Gasteiger partial charge in [-0.2, -0.15) is 0 Å². The third-order valence-corrected chi connectivity index (χ3v) is 7.59. The van der Waals surface area contributed by atoms with Crippen molar-refractivity contribution in [3.05, 3.63) is 52.9 Å². The predicted octanol–water partition coefficient (Wildman–Crippen LogP) is 3.15. The van der Waals surface area contributed by atoms with Crippen LogP contribution in [0.3, 0.4) is 0 Å². The highest BCUT2D eigenvalue weighted by molar-refractivity contribution is 7.15. The zero-order chi connectivity index (χ0) is 28.3. The maximum atomic E-state index is 13.7. The van der Waals surface area contributed by atoms with E-state index in [-0.39, 0.29) is 48.4 Å².